The van der Waals surface area contributed by atoms with Crippen molar-refractivity contribution in [3.63, 3.8) is 0 Å². The summed E-state index contributed by atoms with van der Waals surface area (Å²) in [5, 5.41) is 2.13. The molecule has 2 rings (SSSR count). The lowest BCUT2D eigenvalue weighted by Crippen LogP contribution is -2.13. The Labute approximate surface area is 108 Å². The molecule has 1 aromatic heterocycles. The molecule has 0 fully saturated rings. The number of benzene rings is 1. The van der Waals surface area contributed by atoms with Gasteiger partial charge in [-0.05, 0) is 56.1 Å². The van der Waals surface area contributed by atoms with Crippen molar-refractivity contribution in [2.24, 2.45) is 0 Å². The van der Waals surface area contributed by atoms with Gasteiger partial charge in [-0.1, -0.05) is 30.3 Å². The summed E-state index contributed by atoms with van der Waals surface area (Å²) in [6.45, 7) is 1.16. The molecular formula is C15H19NS. The van der Waals surface area contributed by atoms with Crippen LogP contribution in [0.25, 0.3) is 10.4 Å². The van der Waals surface area contributed by atoms with E-state index in [1.54, 1.807) is 11.3 Å². The highest BCUT2D eigenvalue weighted by Gasteiger charge is 1.99. The van der Waals surface area contributed by atoms with Gasteiger partial charge in [0.1, 0.15) is 0 Å². The fraction of sp³-hybridized carbons (Fsp3) is 0.333. The summed E-state index contributed by atoms with van der Waals surface area (Å²) >= 11 is 1.80. The zero-order valence-corrected chi connectivity index (χ0v) is 11.3. The maximum Gasteiger partial charge on any atom is 0.0342 e. The quantitative estimate of drug-likeness (QED) is 0.772. The maximum atomic E-state index is 2.25. The second-order valence-electron chi connectivity index (χ2n) is 4.58. The molecular weight excluding hydrogens is 226 g/mol. The normalized spacial score (nSPS) is 11.0. The maximum absolute atomic E-state index is 2.25. The molecule has 0 aliphatic heterocycles. The van der Waals surface area contributed by atoms with Crippen molar-refractivity contribution < 1.29 is 0 Å². The Morgan fingerprint density at radius 2 is 1.82 bits per heavy atom. The van der Waals surface area contributed by atoms with Gasteiger partial charge in [0, 0.05) is 4.88 Å². The van der Waals surface area contributed by atoms with Gasteiger partial charge in [-0.2, -0.15) is 0 Å². The van der Waals surface area contributed by atoms with Gasteiger partial charge in [0.15, 0.2) is 0 Å². The molecule has 0 spiro atoms. The van der Waals surface area contributed by atoms with E-state index in [9.17, 15) is 0 Å². The Balaban J connectivity index is 1.94. The first-order chi connectivity index (χ1) is 8.25. The van der Waals surface area contributed by atoms with Crippen LogP contribution in [0.2, 0.25) is 0 Å². The predicted molar refractivity (Wildman–Crippen MR) is 76.6 cm³/mol. The number of aryl methyl sites for hydroxylation is 1. The number of nitrogens with zero attached hydrogens (tertiary/aromatic N) is 1. The molecule has 0 N–H and O–H groups in total. The molecule has 0 aliphatic rings. The topological polar surface area (TPSA) is 3.24 Å². The predicted octanol–water partition coefficient (Wildman–Crippen LogP) is 3.91. The third kappa shape index (κ3) is 3.69. The van der Waals surface area contributed by atoms with Gasteiger partial charge in [0.25, 0.3) is 0 Å². The standard InChI is InChI=1S/C15H19NS/c1-16(2)11-3-5-13-7-9-14(10-8-13)15-6-4-12-17-15/h4,6-10,12H,3,5,11H2,1-2H3. The van der Waals surface area contributed by atoms with Gasteiger partial charge in [0.2, 0.25) is 0 Å². The SMILES string of the molecule is CN(C)CCCc1ccc(-c2cccs2)cc1. The first kappa shape index (κ1) is 12.3. The number of hydrogen-bond donors (Lipinski definition) is 0. The Hall–Kier alpha value is -1.12. The van der Waals surface area contributed by atoms with E-state index in [-0.39, 0.29) is 0 Å². The van der Waals surface area contributed by atoms with Gasteiger partial charge < -0.3 is 4.90 Å². The smallest absolute Gasteiger partial charge is 0.0342 e. The number of thiophene rings is 1. The summed E-state index contributed by atoms with van der Waals surface area (Å²) in [6, 6.07) is 13.2. The van der Waals surface area contributed by atoms with E-state index in [0.717, 1.165) is 6.54 Å². The molecule has 17 heavy (non-hydrogen) atoms. The molecule has 0 atom stereocenters. The molecule has 1 nitrogen and oxygen atoms in total. The molecule has 1 heterocycles. The van der Waals surface area contributed by atoms with E-state index >= 15 is 0 Å². The summed E-state index contributed by atoms with van der Waals surface area (Å²) in [6.07, 6.45) is 2.40. The van der Waals surface area contributed by atoms with Crippen LogP contribution in [-0.2, 0) is 6.42 Å². The first-order valence-electron chi connectivity index (χ1n) is 6.03. The van der Waals surface area contributed by atoms with E-state index in [4.69, 9.17) is 0 Å². The highest BCUT2D eigenvalue weighted by Crippen LogP contribution is 2.24. The second kappa shape index (κ2) is 5.99. The van der Waals surface area contributed by atoms with Crippen LogP contribution < -0.4 is 0 Å². The van der Waals surface area contributed by atoms with Gasteiger partial charge in [-0.3, -0.25) is 0 Å². The first-order valence-corrected chi connectivity index (χ1v) is 6.91. The molecule has 0 unspecified atom stereocenters. The molecule has 0 saturated heterocycles. The van der Waals surface area contributed by atoms with E-state index in [1.165, 1.54) is 28.8 Å². The Kier molecular flexibility index (Phi) is 4.35. The van der Waals surface area contributed by atoms with Crippen molar-refractivity contribution in [2.75, 3.05) is 20.6 Å². The molecule has 2 heteroatoms. The fourth-order valence-corrected chi connectivity index (χ4v) is 2.61. The van der Waals surface area contributed by atoms with Crippen LogP contribution in [-0.4, -0.2) is 25.5 Å². The Bertz CT molecular complexity index is 428. The van der Waals surface area contributed by atoms with Crippen LogP contribution in [0.15, 0.2) is 41.8 Å². The molecule has 1 aromatic carbocycles. The highest BCUT2D eigenvalue weighted by molar-refractivity contribution is 7.13. The molecule has 0 amide bonds. The average molecular weight is 245 g/mol. The number of hydrogen-bond acceptors (Lipinski definition) is 2. The summed E-state index contributed by atoms with van der Waals surface area (Å²) in [5.41, 5.74) is 2.77. The van der Waals surface area contributed by atoms with Gasteiger partial charge >= 0.3 is 0 Å². The lowest BCUT2D eigenvalue weighted by atomic mass is 10.1. The third-order valence-electron chi connectivity index (χ3n) is 2.83. The summed E-state index contributed by atoms with van der Waals surface area (Å²) < 4.78 is 0. The second-order valence-corrected chi connectivity index (χ2v) is 5.53. The van der Waals surface area contributed by atoms with Crippen LogP contribution in [0.3, 0.4) is 0 Å². The van der Waals surface area contributed by atoms with Gasteiger partial charge in [-0.25, -0.2) is 0 Å². The van der Waals surface area contributed by atoms with Crippen molar-refractivity contribution in [2.45, 2.75) is 12.8 Å². The fourth-order valence-electron chi connectivity index (χ4n) is 1.88. The van der Waals surface area contributed by atoms with Crippen molar-refractivity contribution in [1.29, 1.82) is 0 Å². The van der Waals surface area contributed by atoms with Crippen molar-refractivity contribution >= 4 is 11.3 Å². The van der Waals surface area contributed by atoms with Crippen LogP contribution in [0.5, 0.6) is 0 Å². The van der Waals surface area contributed by atoms with Crippen LogP contribution in [0, 0.1) is 0 Å². The van der Waals surface area contributed by atoms with E-state index in [1.807, 2.05) is 0 Å². The molecule has 90 valence electrons. The summed E-state index contributed by atoms with van der Waals surface area (Å²) in [7, 11) is 4.25. The Morgan fingerprint density at radius 1 is 1.06 bits per heavy atom. The molecule has 0 aliphatic carbocycles. The third-order valence-corrected chi connectivity index (χ3v) is 3.75. The summed E-state index contributed by atoms with van der Waals surface area (Å²) in [5.74, 6) is 0. The molecule has 0 saturated carbocycles. The lowest BCUT2D eigenvalue weighted by molar-refractivity contribution is 0.400. The van der Waals surface area contributed by atoms with Crippen molar-refractivity contribution in [3.05, 3.63) is 47.3 Å². The summed E-state index contributed by atoms with van der Waals surface area (Å²) in [4.78, 5) is 3.59. The van der Waals surface area contributed by atoms with Crippen molar-refractivity contribution in [1.82, 2.24) is 4.90 Å². The minimum absolute atomic E-state index is 1.16. The molecule has 0 radical (unpaired) electrons. The lowest BCUT2D eigenvalue weighted by Gasteiger charge is -2.09. The van der Waals surface area contributed by atoms with Gasteiger partial charge in [0.05, 0.1) is 0 Å². The van der Waals surface area contributed by atoms with E-state index in [2.05, 4.69) is 60.8 Å². The Morgan fingerprint density at radius 3 is 2.41 bits per heavy atom. The monoisotopic (exact) mass is 245 g/mol. The molecule has 0 bridgehead atoms. The van der Waals surface area contributed by atoms with Gasteiger partial charge in [-0.15, -0.1) is 11.3 Å². The zero-order valence-electron chi connectivity index (χ0n) is 10.5. The molecule has 2 aromatic rings. The average Bonchev–Trinajstić information content (AvgIpc) is 2.83. The minimum atomic E-state index is 1.16. The largest absolute Gasteiger partial charge is 0.309 e. The van der Waals surface area contributed by atoms with E-state index < -0.39 is 0 Å². The van der Waals surface area contributed by atoms with Crippen LogP contribution in [0.4, 0.5) is 0 Å². The highest BCUT2D eigenvalue weighted by atomic mass is 32.1. The zero-order chi connectivity index (χ0) is 12.1. The minimum Gasteiger partial charge on any atom is -0.309 e. The van der Waals surface area contributed by atoms with E-state index in [0.29, 0.717) is 0 Å². The van der Waals surface area contributed by atoms with Crippen LogP contribution in [0.1, 0.15) is 12.0 Å². The number of rotatable bonds is 5. The van der Waals surface area contributed by atoms with Crippen molar-refractivity contribution in [3.8, 4) is 10.4 Å². The van der Waals surface area contributed by atoms with Crippen LogP contribution >= 0.6 is 11.3 Å².